The second-order valence-electron chi connectivity index (χ2n) is 6.24. The molecule has 3 rings (SSSR count). The van der Waals surface area contributed by atoms with Crippen LogP contribution in [0.3, 0.4) is 0 Å². The second kappa shape index (κ2) is 7.40. The predicted octanol–water partition coefficient (Wildman–Crippen LogP) is 4.21. The third-order valence-corrected chi connectivity index (χ3v) is 4.07. The zero-order chi connectivity index (χ0) is 18.7. The molecule has 0 N–H and O–H groups in total. The molecule has 0 saturated heterocycles. The van der Waals surface area contributed by atoms with Crippen LogP contribution in [0.5, 0.6) is 0 Å². The first-order chi connectivity index (χ1) is 12.5. The van der Waals surface area contributed by atoms with Crippen LogP contribution in [0, 0.1) is 0 Å². The van der Waals surface area contributed by atoms with E-state index in [1.165, 1.54) is 7.11 Å². The maximum absolute atomic E-state index is 12.7. The maximum atomic E-state index is 12.7. The van der Waals surface area contributed by atoms with Crippen LogP contribution in [-0.2, 0) is 19.1 Å². The van der Waals surface area contributed by atoms with E-state index >= 15 is 0 Å². The van der Waals surface area contributed by atoms with Crippen LogP contribution < -0.4 is 0 Å². The van der Waals surface area contributed by atoms with Gasteiger partial charge in [0.15, 0.2) is 0 Å². The quantitative estimate of drug-likeness (QED) is 0.780. The van der Waals surface area contributed by atoms with Crippen molar-refractivity contribution in [3.8, 4) is 0 Å². The molecule has 2 aromatic carbocycles. The largest absolute Gasteiger partial charge is 0.465 e. The summed E-state index contributed by atoms with van der Waals surface area (Å²) in [4.78, 5) is 25.1. The lowest BCUT2D eigenvalue weighted by Crippen LogP contribution is -2.15. The Kier molecular flexibility index (Phi) is 5.03. The second-order valence-corrected chi connectivity index (χ2v) is 6.24. The van der Waals surface area contributed by atoms with Crippen molar-refractivity contribution < 1.29 is 19.1 Å². The minimum atomic E-state index is -0.422. The fourth-order valence-electron chi connectivity index (χ4n) is 2.93. The summed E-state index contributed by atoms with van der Waals surface area (Å²) in [7, 11) is 1.36. The number of esters is 2. The van der Waals surface area contributed by atoms with Crippen LogP contribution in [0.25, 0.3) is 23.3 Å². The molecule has 0 spiro atoms. The molecule has 4 heteroatoms. The zero-order valence-corrected chi connectivity index (χ0v) is 15.0. The summed E-state index contributed by atoms with van der Waals surface area (Å²) in [6.07, 6.45) is 3.31. The molecule has 1 aliphatic rings. The van der Waals surface area contributed by atoms with E-state index < -0.39 is 11.9 Å². The highest BCUT2D eigenvalue weighted by molar-refractivity contribution is 6.27. The maximum Gasteiger partial charge on any atom is 0.339 e. The minimum absolute atomic E-state index is 0.225. The van der Waals surface area contributed by atoms with Gasteiger partial charge < -0.3 is 9.47 Å². The van der Waals surface area contributed by atoms with E-state index in [2.05, 4.69) is 0 Å². The number of benzene rings is 2. The summed E-state index contributed by atoms with van der Waals surface area (Å²) in [5.74, 6) is -0.814. The van der Waals surface area contributed by atoms with Crippen molar-refractivity contribution in [1.82, 2.24) is 0 Å². The number of carbonyl (C=O) groups is 2. The predicted molar refractivity (Wildman–Crippen MR) is 102 cm³/mol. The van der Waals surface area contributed by atoms with Gasteiger partial charge in [0.2, 0.25) is 0 Å². The van der Waals surface area contributed by atoms with Crippen LogP contribution in [0.1, 0.15) is 36.1 Å². The molecule has 132 valence electrons. The Bertz CT molecular complexity index is 919. The van der Waals surface area contributed by atoms with Crippen LogP contribution in [0.2, 0.25) is 0 Å². The molecule has 26 heavy (non-hydrogen) atoms. The molecule has 0 bridgehead atoms. The first-order valence-electron chi connectivity index (χ1n) is 8.42. The molecule has 0 unspecified atom stereocenters. The zero-order valence-electron chi connectivity index (χ0n) is 15.0. The van der Waals surface area contributed by atoms with Crippen molar-refractivity contribution in [3.63, 3.8) is 0 Å². The summed E-state index contributed by atoms with van der Waals surface area (Å²) in [6.45, 7) is 3.63. The molecule has 4 nitrogen and oxygen atoms in total. The van der Waals surface area contributed by atoms with E-state index in [0.29, 0.717) is 22.3 Å². The number of rotatable bonds is 3. The van der Waals surface area contributed by atoms with Crippen LogP contribution in [0.15, 0.2) is 48.5 Å². The Labute approximate surface area is 152 Å². The van der Waals surface area contributed by atoms with E-state index in [1.54, 1.807) is 12.2 Å². The van der Waals surface area contributed by atoms with Crippen molar-refractivity contribution in [3.05, 3.63) is 70.8 Å². The number of carbonyl (C=O) groups excluding carboxylic acids is 2. The fourth-order valence-corrected chi connectivity index (χ4v) is 2.93. The van der Waals surface area contributed by atoms with Crippen LogP contribution in [-0.4, -0.2) is 25.2 Å². The molecule has 0 saturated carbocycles. The highest BCUT2D eigenvalue weighted by Crippen LogP contribution is 2.33. The van der Waals surface area contributed by atoms with Crippen molar-refractivity contribution in [2.24, 2.45) is 0 Å². The molecule has 0 aromatic heterocycles. The molecule has 0 fully saturated rings. The summed E-state index contributed by atoms with van der Waals surface area (Å²) in [5.41, 5.74) is 3.85. The van der Waals surface area contributed by atoms with Crippen molar-refractivity contribution >= 4 is 35.2 Å². The molecule has 0 heterocycles. The summed E-state index contributed by atoms with van der Waals surface area (Å²) < 4.78 is 10.4. The Morgan fingerprint density at radius 2 is 1.23 bits per heavy atom. The summed E-state index contributed by atoms with van der Waals surface area (Å²) >= 11 is 0. The van der Waals surface area contributed by atoms with Crippen LogP contribution in [0.4, 0.5) is 0 Å². The van der Waals surface area contributed by atoms with Crippen molar-refractivity contribution in [2.45, 2.75) is 20.0 Å². The normalized spacial score (nSPS) is 16.8. The Balaban J connectivity index is 2.27. The van der Waals surface area contributed by atoms with Gasteiger partial charge in [0.25, 0.3) is 0 Å². The topological polar surface area (TPSA) is 52.6 Å². The van der Waals surface area contributed by atoms with Gasteiger partial charge in [0.05, 0.1) is 24.4 Å². The molecule has 0 amide bonds. The molecule has 2 aromatic rings. The minimum Gasteiger partial charge on any atom is -0.465 e. The third-order valence-electron chi connectivity index (χ3n) is 4.07. The Morgan fingerprint density at radius 1 is 0.769 bits per heavy atom. The molecule has 0 atom stereocenters. The lowest BCUT2D eigenvalue weighted by atomic mass is 9.89. The van der Waals surface area contributed by atoms with Gasteiger partial charge >= 0.3 is 11.9 Å². The van der Waals surface area contributed by atoms with Gasteiger partial charge in [0, 0.05) is 0 Å². The molecule has 0 radical (unpaired) electrons. The summed E-state index contributed by atoms with van der Waals surface area (Å²) in [6, 6.07) is 14.9. The van der Waals surface area contributed by atoms with Gasteiger partial charge in [0.1, 0.15) is 0 Å². The highest BCUT2D eigenvalue weighted by atomic mass is 16.5. The molecule has 1 aliphatic carbocycles. The number of methoxy groups -OCH3 is 1. The van der Waals surface area contributed by atoms with Crippen molar-refractivity contribution in [1.29, 1.82) is 0 Å². The standard InChI is InChI=1S/C22H20O4/c1-14(2)26-22(24)20-13-16-9-4-6-10-17(16)19(21(23)25-3)12-15-8-5-7-11-18(15)20/h4-14H,1-3H3/b15-12?,16-13?,19-12+,19-17?,20-13+,20-18?. The van der Waals surface area contributed by atoms with E-state index in [-0.39, 0.29) is 6.10 Å². The molecule has 0 aliphatic heterocycles. The SMILES string of the molecule is COC(=O)/C1=C/c2ccccc2/C(C(=O)OC(C)C)=C\c2ccccc21. The van der Waals surface area contributed by atoms with E-state index in [1.807, 2.05) is 62.4 Å². The number of fused-ring (bicyclic) bond motifs is 2. The average Bonchev–Trinajstić information content (AvgIpc) is 2.62. The molecular formula is C22H20O4. The first kappa shape index (κ1) is 17.7. The van der Waals surface area contributed by atoms with Gasteiger partial charge in [-0.1, -0.05) is 48.5 Å². The lowest BCUT2D eigenvalue weighted by Gasteiger charge is -2.18. The van der Waals surface area contributed by atoms with Gasteiger partial charge in [-0.05, 0) is 48.3 Å². The number of hydrogen-bond donors (Lipinski definition) is 0. The molecular weight excluding hydrogens is 328 g/mol. The summed E-state index contributed by atoms with van der Waals surface area (Å²) in [5, 5.41) is 0. The first-order valence-corrected chi connectivity index (χ1v) is 8.42. The smallest absolute Gasteiger partial charge is 0.339 e. The van der Waals surface area contributed by atoms with E-state index in [9.17, 15) is 9.59 Å². The number of hydrogen-bond acceptors (Lipinski definition) is 4. The van der Waals surface area contributed by atoms with Gasteiger partial charge in [-0.3, -0.25) is 0 Å². The monoisotopic (exact) mass is 348 g/mol. The third kappa shape index (κ3) is 3.45. The van der Waals surface area contributed by atoms with Crippen molar-refractivity contribution in [2.75, 3.05) is 7.11 Å². The van der Waals surface area contributed by atoms with Gasteiger partial charge in [-0.2, -0.15) is 0 Å². The number of ether oxygens (including phenoxy) is 2. The Morgan fingerprint density at radius 3 is 1.69 bits per heavy atom. The van der Waals surface area contributed by atoms with Crippen LogP contribution >= 0.6 is 0 Å². The lowest BCUT2D eigenvalue weighted by molar-refractivity contribution is -0.140. The van der Waals surface area contributed by atoms with Gasteiger partial charge in [-0.25, -0.2) is 9.59 Å². The Hall–Kier alpha value is -3.14. The van der Waals surface area contributed by atoms with Gasteiger partial charge in [-0.15, -0.1) is 0 Å². The van der Waals surface area contributed by atoms with E-state index in [4.69, 9.17) is 9.47 Å². The fraction of sp³-hybridized carbons (Fsp3) is 0.182. The van der Waals surface area contributed by atoms with E-state index in [0.717, 1.165) is 11.1 Å². The highest BCUT2D eigenvalue weighted by Gasteiger charge is 2.23. The average molecular weight is 348 g/mol.